The highest BCUT2D eigenvalue weighted by molar-refractivity contribution is 5.81. The molecule has 4 nitrogen and oxygen atoms in total. The summed E-state index contributed by atoms with van der Waals surface area (Å²) in [4.78, 5) is 12.0. The first-order valence-electron chi connectivity index (χ1n) is 7.84. The number of nitrogens with one attached hydrogen (secondary N) is 1. The third-order valence-corrected chi connectivity index (χ3v) is 3.69. The predicted octanol–water partition coefficient (Wildman–Crippen LogP) is 2.37. The Kier molecular flexibility index (Phi) is 6.18. The second-order valence-corrected chi connectivity index (χ2v) is 5.66. The average Bonchev–Trinajstić information content (AvgIpc) is 2.54. The molecule has 1 unspecified atom stereocenters. The van der Waals surface area contributed by atoms with Crippen molar-refractivity contribution in [3.8, 4) is 5.75 Å². The van der Waals surface area contributed by atoms with Crippen LogP contribution in [0.3, 0.4) is 0 Å². The average molecular weight is 312 g/mol. The summed E-state index contributed by atoms with van der Waals surface area (Å²) in [7, 11) is 0. The zero-order valence-electron chi connectivity index (χ0n) is 13.7. The lowest BCUT2D eigenvalue weighted by molar-refractivity contribution is -0.122. The number of carbonyl (C=O) groups is 1. The van der Waals surface area contributed by atoms with Crippen LogP contribution in [-0.4, -0.2) is 25.1 Å². The Morgan fingerprint density at radius 3 is 2.39 bits per heavy atom. The number of amides is 1. The van der Waals surface area contributed by atoms with Crippen LogP contribution >= 0.6 is 0 Å². The molecule has 2 aromatic rings. The Morgan fingerprint density at radius 2 is 1.74 bits per heavy atom. The number of benzene rings is 2. The van der Waals surface area contributed by atoms with E-state index in [0.717, 1.165) is 22.4 Å². The third kappa shape index (κ3) is 5.11. The van der Waals surface area contributed by atoms with Crippen LogP contribution in [0, 0.1) is 13.8 Å². The first-order valence-corrected chi connectivity index (χ1v) is 7.84. The number of aryl methyl sites for hydroxylation is 2. The molecule has 1 atom stereocenters. The van der Waals surface area contributed by atoms with E-state index in [9.17, 15) is 4.79 Å². The number of para-hydroxylation sites is 1. The van der Waals surface area contributed by atoms with E-state index in [4.69, 9.17) is 10.5 Å². The predicted molar refractivity (Wildman–Crippen MR) is 92.5 cm³/mol. The Labute approximate surface area is 137 Å². The molecule has 2 aromatic carbocycles. The largest absolute Gasteiger partial charge is 0.491 e. The Balaban J connectivity index is 1.74. The summed E-state index contributed by atoms with van der Waals surface area (Å²) < 4.78 is 5.76. The summed E-state index contributed by atoms with van der Waals surface area (Å²) in [6.45, 7) is 4.89. The molecule has 3 N–H and O–H groups in total. The number of hydrogen-bond donors (Lipinski definition) is 2. The lowest BCUT2D eigenvalue weighted by Crippen LogP contribution is -2.43. The van der Waals surface area contributed by atoms with Gasteiger partial charge < -0.3 is 15.8 Å². The summed E-state index contributed by atoms with van der Waals surface area (Å²) in [6, 6.07) is 15.2. The third-order valence-electron chi connectivity index (χ3n) is 3.69. The maximum absolute atomic E-state index is 12.0. The minimum atomic E-state index is -0.544. The first-order chi connectivity index (χ1) is 11.1. The lowest BCUT2D eigenvalue weighted by atomic mass is 10.1. The van der Waals surface area contributed by atoms with Gasteiger partial charge >= 0.3 is 0 Å². The van der Waals surface area contributed by atoms with Crippen LogP contribution in [0.2, 0.25) is 0 Å². The van der Waals surface area contributed by atoms with Crippen LogP contribution in [0.15, 0.2) is 48.5 Å². The van der Waals surface area contributed by atoms with E-state index < -0.39 is 6.04 Å². The molecular formula is C19H24N2O2. The van der Waals surface area contributed by atoms with Crippen LogP contribution < -0.4 is 15.8 Å². The maximum atomic E-state index is 12.0. The van der Waals surface area contributed by atoms with Crippen LogP contribution in [0.25, 0.3) is 0 Å². The topological polar surface area (TPSA) is 64.3 Å². The quantitative estimate of drug-likeness (QED) is 0.772. The van der Waals surface area contributed by atoms with Gasteiger partial charge in [0.2, 0.25) is 5.91 Å². The van der Waals surface area contributed by atoms with Crippen molar-refractivity contribution in [3.05, 3.63) is 65.2 Å². The highest BCUT2D eigenvalue weighted by Crippen LogP contribution is 2.21. The minimum absolute atomic E-state index is 0.154. The molecule has 1 amide bonds. The molecule has 0 aromatic heterocycles. The molecule has 122 valence electrons. The van der Waals surface area contributed by atoms with Crippen LogP contribution in [-0.2, 0) is 11.2 Å². The standard InChI is InChI=1S/C19H24N2O2/c1-14-7-6-8-15(2)18(14)23-12-11-21-19(22)17(20)13-16-9-4-3-5-10-16/h3-10,17H,11-13,20H2,1-2H3,(H,21,22). The van der Waals surface area contributed by atoms with Crippen LogP contribution in [0.4, 0.5) is 0 Å². The molecule has 0 spiro atoms. The van der Waals surface area contributed by atoms with Crippen LogP contribution in [0.5, 0.6) is 5.75 Å². The molecule has 0 aliphatic rings. The summed E-state index contributed by atoms with van der Waals surface area (Å²) in [5.41, 5.74) is 9.18. The van der Waals surface area contributed by atoms with Crippen molar-refractivity contribution in [2.45, 2.75) is 26.3 Å². The highest BCUT2D eigenvalue weighted by Gasteiger charge is 2.13. The number of hydrogen-bond acceptors (Lipinski definition) is 3. The zero-order valence-corrected chi connectivity index (χ0v) is 13.7. The molecule has 0 saturated carbocycles. The Morgan fingerprint density at radius 1 is 1.09 bits per heavy atom. The van der Waals surface area contributed by atoms with E-state index in [1.54, 1.807) is 0 Å². The maximum Gasteiger partial charge on any atom is 0.237 e. The smallest absolute Gasteiger partial charge is 0.237 e. The van der Waals surface area contributed by atoms with Crippen molar-refractivity contribution in [3.63, 3.8) is 0 Å². The Hall–Kier alpha value is -2.33. The molecule has 4 heteroatoms. The van der Waals surface area contributed by atoms with Crippen molar-refractivity contribution in [2.24, 2.45) is 5.73 Å². The second kappa shape index (κ2) is 8.34. The van der Waals surface area contributed by atoms with E-state index in [-0.39, 0.29) is 5.91 Å². The van der Waals surface area contributed by atoms with Crippen molar-refractivity contribution in [1.29, 1.82) is 0 Å². The molecule has 0 radical (unpaired) electrons. The normalized spacial score (nSPS) is 11.8. The van der Waals surface area contributed by atoms with Crippen molar-refractivity contribution in [2.75, 3.05) is 13.2 Å². The minimum Gasteiger partial charge on any atom is -0.491 e. The van der Waals surface area contributed by atoms with Gasteiger partial charge in [-0.3, -0.25) is 4.79 Å². The molecule has 23 heavy (non-hydrogen) atoms. The van der Waals surface area contributed by atoms with Gasteiger partial charge in [0, 0.05) is 0 Å². The molecular weight excluding hydrogens is 288 g/mol. The monoisotopic (exact) mass is 312 g/mol. The van der Waals surface area contributed by atoms with E-state index in [2.05, 4.69) is 5.32 Å². The zero-order chi connectivity index (χ0) is 16.7. The van der Waals surface area contributed by atoms with Crippen molar-refractivity contribution >= 4 is 5.91 Å². The van der Waals surface area contributed by atoms with E-state index in [1.165, 1.54) is 0 Å². The van der Waals surface area contributed by atoms with Crippen LogP contribution in [0.1, 0.15) is 16.7 Å². The second-order valence-electron chi connectivity index (χ2n) is 5.66. The van der Waals surface area contributed by atoms with Crippen molar-refractivity contribution in [1.82, 2.24) is 5.32 Å². The summed E-state index contributed by atoms with van der Waals surface area (Å²) >= 11 is 0. The van der Waals surface area contributed by atoms with Gasteiger partial charge in [-0.05, 0) is 37.0 Å². The fraction of sp³-hybridized carbons (Fsp3) is 0.316. The molecule has 0 aliphatic carbocycles. The molecule has 2 rings (SSSR count). The van der Waals surface area contributed by atoms with E-state index in [0.29, 0.717) is 19.6 Å². The lowest BCUT2D eigenvalue weighted by Gasteiger charge is -2.14. The summed E-state index contributed by atoms with van der Waals surface area (Å²) in [5, 5.41) is 2.82. The van der Waals surface area contributed by atoms with Gasteiger partial charge in [-0.1, -0.05) is 48.5 Å². The first kappa shape index (κ1) is 17.0. The molecule has 0 saturated heterocycles. The van der Waals surface area contributed by atoms with Crippen molar-refractivity contribution < 1.29 is 9.53 Å². The van der Waals surface area contributed by atoms with Gasteiger partial charge in [0.1, 0.15) is 12.4 Å². The van der Waals surface area contributed by atoms with E-state index >= 15 is 0 Å². The number of nitrogens with two attached hydrogens (primary N) is 1. The van der Waals surface area contributed by atoms with E-state index in [1.807, 2.05) is 62.4 Å². The molecule has 0 aliphatic heterocycles. The SMILES string of the molecule is Cc1cccc(C)c1OCCNC(=O)C(N)Cc1ccccc1. The fourth-order valence-electron chi connectivity index (χ4n) is 2.45. The van der Waals surface area contributed by atoms with Gasteiger partial charge in [-0.2, -0.15) is 0 Å². The van der Waals surface area contributed by atoms with Gasteiger partial charge in [0.25, 0.3) is 0 Å². The summed E-state index contributed by atoms with van der Waals surface area (Å²) in [5.74, 6) is 0.731. The molecule has 0 bridgehead atoms. The summed E-state index contributed by atoms with van der Waals surface area (Å²) in [6.07, 6.45) is 0.532. The fourth-order valence-corrected chi connectivity index (χ4v) is 2.45. The molecule has 0 fully saturated rings. The van der Waals surface area contributed by atoms with Gasteiger partial charge in [0.05, 0.1) is 12.6 Å². The van der Waals surface area contributed by atoms with Gasteiger partial charge in [-0.25, -0.2) is 0 Å². The number of rotatable bonds is 7. The molecule has 0 heterocycles. The number of carbonyl (C=O) groups excluding carboxylic acids is 1. The highest BCUT2D eigenvalue weighted by atomic mass is 16.5. The van der Waals surface area contributed by atoms with Gasteiger partial charge in [-0.15, -0.1) is 0 Å². The Bertz CT molecular complexity index is 621. The van der Waals surface area contributed by atoms with Gasteiger partial charge in [0.15, 0.2) is 0 Å². The number of ether oxygens (including phenoxy) is 1.